The van der Waals surface area contributed by atoms with Crippen molar-refractivity contribution in [1.29, 1.82) is 5.26 Å². The summed E-state index contributed by atoms with van der Waals surface area (Å²) in [5.74, 6) is -0.220. The van der Waals surface area contributed by atoms with Crippen LogP contribution >= 0.6 is 0 Å². The number of nitrogens with zero attached hydrogens (tertiary/aromatic N) is 3. The van der Waals surface area contributed by atoms with Gasteiger partial charge in [-0.1, -0.05) is 6.07 Å². The first-order valence-electron chi connectivity index (χ1n) is 6.19. The van der Waals surface area contributed by atoms with Gasteiger partial charge in [-0.15, -0.1) is 0 Å². The Kier molecular flexibility index (Phi) is 3.96. The van der Waals surface area contributed by atoms with E-state index >= 15 is 0 Å². The number of anilines is 2. The van der Waals surface area contributed by atoms with Crippen LogP contribution in [0, 0.1) is 11.3 Å². The van der Waals surface area contributed by atoms with E-state index in [0.717, 1.165) is 5.69 Å². The molecule has 0 aliphatic rings. The molecule has 0 atom stereocenters. The summed E-state index contributed by atoms with van der Waals surface area (Å²) in [6, 6.07) is 12.2. The van der Waals surface area contributed by atoms with Gasteiger partial charge in [0, 0.05) is 24.1 Å². The molecule has 2 aromatic rings. The Morgan fingerprint density at radius 3 is 2.75 bits per heavy atom. The molecule has 20 heavy (non-hydrogen) atoms. The molecule has 0 fully saturated rings. The van der Waals surface area contributed by atoms with E-state index in [9.17, 15) is 4.79 Å². The highest BCUT2D eigenvalue weighted by atomic mass is 16.2. The highest BCUT2D eigenvalue weighted by Crippen LogP contribution is 2.19. The summed E-state index contributed by atoms with van der Waals surface area (Å²) in [5, 5.41) is 8.73. The van der Waals surface area contributed by atoms with Crippen molar-refractivity contribution in [3.05, 3.63) is 53.9 Å². The number of carbonyl (C=O) groups excluding carboxylic acids is 1. The Labute approximate surface area is 117 Å². The number of benzene rings is 1. The molecule has 0 saturated carbocycles. The van der Waals surface area contributed by atoms with Gasteiger partial charge in [0.15, 0.2) is 0 Å². The maximum atomic E-state index is 12.4. The maximum absolute atomic E-state index is 12.4. The van der Waals surface area contributed by atoms with Gasteiger partial charge in [0.1, 0.15) is 11.8 Å². The van der Waals surface area contributed by atoms with Crippen molar-refractivity contribution in [1.82, 2.24) is 4.98 Å². The number of hydrogen-bond donors (Lipinski definition) is 1. The van der Waals surface area contributed by atoms with E-state index in [-0.39, 0.29) is 5.91 Å². The minimum atomic E-state index is -0.220. The number of hydrogen-bond acceptors (Lipinski definition) is 4. The molecule has 0 bridgehead atoms. The summed E-state index contributed by atoms with van der Waals surface area (Å²) >= 11 is 0. The fourth-order valence-electron chi connectivity index (χ4n) is 1.86. The average molecular weight is 266 g/mol. The molecular formula is C15H14N4O. The molecule has 0 saturated heterocycles. The van der Waals surface area contributed by atoms with E-state index in [1.54, 1.807) is 35.2 Å². The van der Waals surface area contributed by atoms with Gasteiger partial charge in [0.25, 0.3) is 5.91 Å². The van der Waals surface area contributed by atoms with E-state index in [0.29, 0.717) is 23.5 Å². The molecule has 0 aliphatic carbocycles. The van der Waals surface area contributed by atoms with Crippen LogP contribution in [0.4, 0.5) is 11.4 Å². The number of nitrogen functional groups attached to an aromatic ring is 1. The van der Waals surface area contributed by atoms with E-state index in [1.807, 2.05) is 19.1 Å². The predicted octanol–water partition coefficient (Wildman–Crippen LogP) is 2.20. The first-order chi connectivity index (χ1) is 9.65. The average Bonchev–Trinajstić information content (AvgIpc) is 2.48. The highest BCUT2D eigenvalue weighted by molar-refractivity contribution is 6.04. The van der Waals surface area contributed by atoms with Crippen molar-refractivity contribution < 1.29 is 4.79 Å². The third kappa shape index (κ3) is 2.75. The topological polar surface area (TPSA) is 83.0 Å². The summed E-state index contributed by atoms with van der Waals surface area (Å²) in [4.78, 5) is 18.0. The summed E-state index contributed by atoms with van der Waals surface area (Å²) in [6.45, 7) is 2.38. The van der Waals surface area contributed by atoms with Gasteiger partial charge in [-0.25, -0.2) is 4.98 Å². The quantitative estimate of drug-likeness (QED) is 0.863. The first-order valence-corrected chi connectivity index (χ1v) is 6.19. The lowest BCUT2D eigenvalue weighted by Crippen LogP contribution is -2.31. The number of nitrogens with two attached hydrogens (primary N) is 1. The molecular weight excluding hydrogens is 252 g/mol. The zero-order valence-electron chi connectivity index (χ0n) is 11.1. The van der Waals surface area contributed by atoms with Crippen molar-refractivity contribution in [2.75, 3.05) is 17.2 Å². The van der Waals surface area contributed by atoms with Gasteiger partial charge < -0.3 is 10.6 Å². The number of pyridine rings is 1. The highest BCUT2D eigenvalue weighted by Gasteiger charge is 2.17. The minimum Gasteiger partial charge on any atom is -0.399 e. The van der Waals surface area contributed by atoms with Gasteiger partial charge in [-0.05, 0) is 37.3 Å². The SMILES string of the molecule is CCN(C(=O)c1ccc(C#N)cn1)c1cccc(N)c1. The summed E-state index contributed by atoms with van der Waals surface area (Å²) in [6.07, 6.45) is 1.39. The molecule has 100 valence electrons. The third-order valence-electron chi connectivity index (χ3n) is 2.85. The fourth-order valence-corrected chi connectivity index (χ4v) is 1.86. The monoisotopic (exact) mass is 266 g/mol. The van der Waals surface area contributed by atoms with E-state index in [4.69, 9.17) is 11.0 Å². The lowest BCUT2D eigenvalue weighted by molar-refractivity contribution is 0.0983. The molecule has 5 nitrogen and oxygen atoms in total. The van der Waals surface area contributed by atoms with Crippen LogP contribution in [-0.2, 0) is 0 Å². The summed E-state index contributed by atoms with van der Waals surface area (Å²) < 4.78 is 0. The van der Waals surface area contributed by atoms with Gasteiger partial charge in [0.2, 0.25) is 0 Å². The van der Waals surface area contributed by atoms with Crippen molar-refractivity contribution >= 4 is 17.3 Å². The largest absolute Gasteiger partial charge is 0.399 e. The lowest BCUT2D eigenvalue weighted by atomic mass is 10.2. The second-order valence-electron chi connectivity index (χ2n) is 4.19. The molecule has 1 aromatic carbocycles. The van der Waals surface area contributed by atoms with Crippen LogP contribution in [0.2, 0.25) is 0 Å². The number of aromatic nitrogens is 1. The second kappa shape index (κ2) is 5.85. The number of amides is 1. The van der Waals surface area contributed by atoms with Crippen LogP contribution in [0.15, 0.2) is 42.6 Å². The number of nitriles is 1. The third-order valence-corrected chi connectivity index (χ3v) is 2.85. The van der Waals surface area contributed by atoms with Crippen molar-refractivity contribution in [3.8, 4) is 6.07 Å². The van der Waals surface area contributed by atoms with E-state index in [2.05, 4.69) is 4.98 Å². The predicted molar refractivity (Wildman–Crippen MR) is 77.2 cm³/mol. The molecule has 1 heterocycles. The smallest absolute Gasteiger partial charge is 0.276 e. The Bertz CT molecular complexity index is 658. The first kappa shape index (κ1) is 13.6. The van der Waals surface area contributed by atoms with E-state index in [1.165, 1.54) is 6.20 Å². The van der Waals surface area contributed by atoms with Gasteiger partial charge >= 0.3 is 0 Å². The van der Waals surface area contributed by atoms with Crippen molar-refractivity contribution in [2.45, 2.75) is 6.92 Å². The lowest BCUT2D eigenvalue weighted by Gasteiger charge is -2.20. The molecule has 2 N–H and O–H groups in total. The molecule has 1 aromatic heterocycles. The molecule has 0 unspecified atom stereocenters. The van der Waals surface area contributed by atoms with Crippen LogP contribution in [0.25, 0.3) is 0 Å². The van der Waals surface area contributed by atoms with Crippen LogP contribution in [0.3, 0.4) is 0 Å². The molecule has 2 rings (SSSR count). The van der Waals surface area contributed by atoms with Crippen LogP contribution in [0.1, 0.15) is 23.0 Å². The van der Waals surface area contributed by atoms with Gasteiger partial charge in [-0.3, -0.25) is 4.79 Å². The maximum Gasteiger partial charge on any atom is 0.276 e. The zero-order valence-corrected chi connectivity index (χ0v) is 11.1. The van der Waals surface area contributed by atoms with Crippen molar-refractivity contribution in [3.63, 3.8) is 0 Å². The Balaban J connectivity index is 2.31. The second-order valence-corrected chi connectivity index (χ2v) is 4.19. The molecule has 0 aliphatic heterocycles. The molecule has 5 heteroatoms. The standard InChI is InChI=1S/C15H14N4O/c1-2-19(13-5-3-4-12(17)8-13)15(20)14-7-6-11(9-16)10-18-14/h3-8,10H,2,17H2,1H3. The van der Waals surface area contributed by atoms with Gasteiger partial charge in [0.05, 0.1) is 5.56 Å². The zero-order chi connectivity index (χ0) is 14.5. The fraction of sp³-hybridized carbons (Fsp3) is 0.133. The van der Waals surface area contributed by atoms with Crippen LogP contribution in [-0.4, -0.2) is 17.4 Å². The molecule has 0 spiro atoms. The summed E-state index contributed by atoms with van der Waals surface area (Å²) in [5.41, 5.74) is 7.79. The summed E-state index contributed by atoms with van der Waals surface area (Å²) in [7, 11) is 0. The molecule has 1 amide bonds. The molecule has 0 radical (unpaired) electrons. The Hall–Kier alpha value is -2.87. The van der Waals surface area contributed by atoms with E-state index < -0.39 is 0 Å². The van der Waals surface area contributed by atoms with Crippen LogP contribution < -0.4 is 10.6 Å². The Morgan fingerprint density at radius 1 is 1.40 bits per heavy atom. The Morgan fingerprint density at radius 2 is 2.20 bits per heavy atom. The minimum absolute atomic E-state index is 0.220. The van der Waals surface area contributed by atoms with Crippen LogP contribution in [0.5, 0.6) is 0 Å². The number of carbonyl (C=O) groups is 1. The normalized spacial score (nSPS) is 9.80. The van der Waals surface area contributed by atoms with Gasteiger partial charge in [-0.2, -0.15) is 5.26 Å². The van der Waals surface area contributed by atoms with Crippen molar-refractivity contribution in [2.24, 2.45) is 0 Å². The number of rotatable bonds is 3.